The van der Waals surface area contributed by atoms with Gasteiger partial charge in [0, 0.05) is 11.6 Å². The summed E-state index contributed by atoms with van der Waals surface area (Å²) >= 11 is 5.73. The Morgan fingerprint density at radius 3 is 2.24 bits per heavy atom. The lowest BCUT2D eigenvalue weighted by Crippen LogP contribution is -2.49. The second-order valence-electron chi connectivity index (χ2n) is 6.03. The van der Waals surface area contributed by atoms with Gasteiger partial charge >= 0.3 is 12.1 Å². The average molecular weight is 393 g/mol. The number of carbonyl (C=O) groups is 2. The first-order valence-corrected chi connectivity index (χ1v) is 9.13. The smallest absolute Gasteiger partial charge is 0.407 e. The molecule has 25 heavy (non-hydrogen) atoms. The van der Waals surface area contributed by atoms with Gasteiger partial charge in [0.1, 0.15) is 11.6 Å². The van der Waals surface area contributed by atoms with Gasteiger partial charge in [0.2, 0.25) is 10.0 Å². The summed E-state index contributed by atoms with van der Waals surface area (Å²) < 4.78 is 36.5. The van der Waals surface area contributed by atoms with Crippen molar-refractivity contribution in [3.63, 3.8) is 0 Å². The summed E-state index contributed by atoms with van der Waals surface area (Å²) in [5, 5.41) is 2.70. The van der Waals surface area contributed by atoms with E-state index in [4.69, 9.17) is 16.3 Å². The van der Waals surface area contributed by atoms with E-state index in [1.54, 1.807) is 20.8 Å². The molecular weight excluding hydrogens is 372 g/mol. The molecular formula is C15H21ClN2O6S. The summed E-state index contributed by atoms with van der Waals surface area (Å²) in [6.45, 7) is 4.68. The second-order valence-corrected chi connectivity index (χ2v) is 8.18. The molecule has 0 radical (unpaired) electrons. The maximum absolute atomic E-state index is 12.3. The Morgan fingerprint density at radius 1 is 1.20 bits per heavy atom. The molecule has 1 amide bonds. The monoisotopic (exact) mass is 392 g/mol. The zero-order valence-electron chi connectivity index (χ0n) is 14.3. The van der Waals surface area contributed by atoms with Crippen LogP contribution in [0.5, 0.6) is 0 Å². The minimum absolute atomic E-state index is 0.0805. The minimum Gasteiger partial charge on any atom is -0.468 e. The van der Waals surface area contributed by atoms with Gasteiger partial charge in [-0.2, -0.15) is 4.72 Å². The number of ether oxygens (including phenoxy) is 2. The maximum Gasteiger partial charge on any atom is 0.407 e. The van der Waals surface area contributed by atoms with Gasteiger partial charge in [-0.05, 0) is 45.0 Å². The number of hydrogen-bond acceptors (Lipinski definition) is 6. The van der Waals surface area contributed by atoms with Crippen molar-refractivity contribution < 1.29 is 27.5 Å². The standard InChI is InChI=1S/C15H21ClN2O6S/c1-15(2,3)24-14(20)17-9-12(13(19)23-4)18-25(21,22)11-7-5-10(16)6-8-11/h5-8,12,18H,9H2,1-4H3,(H,17,20)/t12-/m0/s1. The maximum atomic E-state index is 12.3. The Balaban J connectivity index is 2.84. The second kappa shape index (κ2) is 8.50. The van der Waals surface area contributed by atoms with Crippen LogP contribution >= 0.6 is 11.6 Å². The van der Waals surface area contributed by atoms with Crippen LogP contribution < -0.4 is 10.0 Å². The third-order valence-corrected chi connectivity index (χ3v) is 4.50. The number of alkyl carbamates (subject to hydrolysis) is 1. The summed E-state index contributed by atoms with van der Waals surface area (Å²) in [7, 11) is -2.91. The van der Waals surface area contributed by atoms with Gasteiger partial charge in [-0.1, -0.05) is 11.6 Å². The van der Waals surface area contributed by atoms with Crippen LogP contribution in [-0.4, -0.2) is 45.8 Å². The topological polar surface area (TPSA) is 111 Å². The minimum atomic E-state index is -4.02. The van der Waals surface area contributed by atoms with Gasteiger partial charge < -0.3 is 14.8 Å². The van der Waals surface area contributed by atoms with Gasteiger partial charge in [0.05, 0.1) is 12.0 Å². The van der Waals surface area contributed by atoms with E-state index in [9.17, 15) is 18.0 Å². The lowest BCUT2D eigenvalue weighted by Gasteiger charge is -2.21. The predicted molar refractivity (Wildman–Crippen MR) is 91.8 cm³/mol. The summed E-state index contributed by atoms with van der Waals surface area (Å²) in [6, 6.07) is 4.07. The van der Waals surface area contributed by atoms with E-state index in [1.165, 1.54) is 24.3 Å². The predicted octanol–water partition coefficient (Wildman–Crippen LogP) is 1.68. The van der Waals surface area contributed by atoms with Crippen LogP contribution in [0.15, 0.2) is 29.2 Å². The van der Waals surface area contributed by atoms with E-state index >= 15 is 0 Å². The highest BCUT2D eigenvalue weighted by atomic mass is 35.5. The third-order valence-electron chi connectivity index (χ3n) is 2.76. The molecule has 0 bridgehead atoms. The molecule has 1 aromatic carbocycles. The fourth-order valence-electron chi connectivity index (χ4n) is 1.68. The van der Waals surface area contributed by atoms with Gasteiger partial charge in [-0.3, -0.25) is 4.79 Å². The van der Waals surface area contributed by atoms with Crippen LogP contribution in [0, 0.1) is 0 Å². The highest BCUT2D eigenvalue weighted by Crippen LogP contribution is 2.14. The SMILES string of the molecule is COC(=O)[C@H](CNC(=O)OC(C)(C)C)NS(=O)(=O)c1ccc(Cl)cc1. The van der Waals surface area contributed by atoms with E-state index < -0.39 is 33.7 Å². The van der Waals surface area contributed by atoms with Crippen molar-refractivity contribution in [2.75, 3.05) is 13.7 Å². The molecule has 1 rings (SSSR count). The summed E-state index contributed by atoms with van der Waals surface area (Å²) in [6.07, 6.45) is -0.785. The number of methoxy groups -OCH3 is 1. The molecule has 0 unspecified atom stereocenters. The van der Waals surface area contributed by atoms with Crippen LogP contribution in [0.3, 0.4) is 0 Å². The lowest BCUT2D eigenvalue weighted by atomic mass is 10.2. The summed E-state index contributed by atoms with van der Waals surface area (Å²) in [5.41, 5.74) is -0.729. The average Bonchev–Trinajstić information content (AvgIpc) is 2.49. The number of amides is 1. The zero-order chi connectivity index (χ0) is 19.3. The van der Waals surface area contributed by atoms with E-state index in [0.717, 1.165) is 7.11 Å². The van der Waals surface area contributed by atoms with Crippen LogP contribution in [0.25, 0.3) is 0 Å². The molecule has 140 valence electrons. The molecule has 0 aliphatic rings. The number of halogens is 1. The fraction of sp³-hybridized carbons (Fsp3) is 0.467. The Hall–Kier alpha value is -1.84. The molecule has 0 aliphatic heterocycles. The number of sulfonamides is 1. The molecule has 0 spiro atoms. The van der Waals surface area contributed by atoms with Crippen molar-refractivity contribution in [1.29, 1.82) is 0 Å². The van der Waals surface area contributed by atoms with E-state index in [1.807, 2.05) is 0 Å². The number of hydrogen-bond donors (Lipinski definition) is 2. The third kappa shape index (κ3) is 7.29. The van der Waals surface area contributed by atoms with Gasteiger partial charge in [-0.15, -0.1) is 0 Å². The van der Waals surface area contributed by atoms with Crippen molar-refractivity contribution in [2.24, 2.45) is 0 Å². The molecule has 0 fully saturated rings. The van der Waals surface area contributed by atoms with Crippen LogP contribution in [-0.2, 0) is 24.3 Å². The molecule has 1 atom stereocenters. The Kier molecular flexibility index (Phi) is 7.21. The Bertz CT molecular complexity index is 713. The van der Waals surface area contributed by atoms with E-state index in [0.29, 0.717) is 5.02 Å². The molecule has 8 nitrogen and oxygen atoms in total. The molecule has 2 N–H and O–H groups in total. The van der Waals surface area contributed by atoms with E-state index in [2.05, 4.69) is 14.8 Å². The van der Waals surface area contributed by atoms with Crippen LogP contribution in [0.1, 0.15) is 20.8 Å². The summed E-state index contributed by atoms with van der Waals surface area (Å²) in [4.78, 5) is 23.4. The first-order chi connectivity index (χ1) is 11.4. The molecule has 0 aliphatic carbocycles. The van der Waals surface area contributed by atoms with Crippen molar-refractivity contribution >= 4 is 33.7 Å². The molecule has 0 heterocycles. The number of esters is 1. The quantitative estimate of drug-likeness (QED) is 0.712. The number of benzene rings is 1. The van der Waals surface area contributed by atoms with Crippen LogP contribution in [0.4, 0.5) is 4.79 Å². The summed E-state index contributed by atoms with van der Waals surface area (Å²) in [5.74, 6) is -0.853. The van der Waals surface area contributed by atoms with Gasteiger partial charge in [-0.25, -0.2) is 13.2 Å². The van der Waals surface area contributed by atoms with Crippen molar-refractivity contribution in [3.05, 3.63) is 29.3 Å². The molecule has 0 saturated heterocycles. The molecule has 10 heteroatoms. The zero-order valence-corrected chi connectivity index (χ0v) is 15.9. The van der Waals surface area contributed by atoms with Crippen molar-refractivity contribution in [1.82, 2.24) is 10.0 Å². The van der Waals surface area contributed by atoms with Crippen molar-refractivity contribution in [2.45, 2.75) is 37.3 Å². The molecule has 0 saturated carbocycles. The first kappa shape index (κ1) is 21.2. The highest BCUT2D eigenvalue weighted by Gasteiger charge is 2.27. The number of nitrogens with one attached hydrogen (secondary N) is 2. The molecule has 1 aromatic rings. The molecule has 0 aromatic heterocycles. The number of carbonyl (C=O) groups excluding carboxylic acids is 2. The van der Waals surface area contributed by atoms with Crippen LogP contribution in [0.2, 0.25) is 5.02 Å². The highest BCUT2D eigenvalue weighted by molar-refractivity contribution is 7.89. The van der Waals surface area contributed by atoms with E-state index in [-0.39, 0.29) is 11.4 Å². The fourth-order valence-corrected chi connectivity index (χ4v) is 2.99. The normalized spacial score (nSPS) is 13.0. The Labute approximate surface area is 151 Å². The van der Waals surface area contributed by atoms with Gasteiger partial charge in [0.15, 0.2) is 0 Å². The number of rotatable bonds is 6. The first-order valence-electron chi connectivity index (χ1n) is 7.27. The van der Waals surface area contributed by atoms with Crippen molar-refractivity contribution in [3.8, 4) is 0 Å². The Morgan fingerprint density at radius 2 is 1.76 bits per heavy atom. The largest absolute Gasteiger partial charge is 0.468 e. The van der Waals surface area contributed by atoms with Gasteiger partial charge in [0.25, 0.3) is 0 Å². The lowest BCUT2D eigenvalue weighted by molar-refractivity contribution is -0.142.